The predicted molar refractivity (Wildman–Crippen MR) is 87.1 cm³/mol. The molecule has 2 N–H and O–H groups in total. The van der Waals surface area contributed by atoms with E-state index in [1.165, 1.54) is 12.8 Å². The third kappa shape index (κ3) is 4.96. The number of nitrogens with zero attached hydrogens (tertiary/aromatic N) is 2. The molecule has 0 aromatic heterocycles. The molecule has 0 aromatic carbocycles. The fraction of sp³-hybridized carbons (Fsp3) is 0.941. The van der Waals surface area contributed by atoms with Gasteiger partial charge in [0.1, 0.15) is 0 Å². The number of amides is 1. The summed E-state index contributed by atoms with van der Waals surface area (Å²) in [6.45, 7) is 5.28. The van der Waals surface area contributed by atoms with Gasteiger partial charge >= 0.3 is 0 Å². The summed E-state index contributed by atoms with van der Waals surface area (Å²) in [5.41, 5.74) is 5.96. The van der Waals surface area contributed by atoms with Gasteiger partial charge in [-0.2, -0.15) is 0 Å². The Hall–Kier alpha value is -0.610. The molecule has 122 valence electrons. The fourth-order valence-corrected chi connectivity index (χ4v) is 3.87. The summed E-state index contributed by atoms with van der Waals surface area (Å²) >= 11 is 0. The lowest BCUT2D eigenvalue weighted by Gasteiger charge is -2.31. The van der Waals surface area contributed by atoms with Crippen LogP contribution in [0.25, 0.3) is 0 Å². The molecule has 1 aliphatic carbocycles. The molecule has 4 nitrogen and oxygen atoms in total. The quantitative estimate of drug-likeness (QED) is 0.865. The highest BCUT2D eigenvalue weighted by atomic mass is 16.2. The van der Waals surface area contributed by atoms with E-state index in [-0.39, 0.29) is 0 Å². The molecule has 4 heteroatoms. The summed E-state index contributed by atoms with van der Waals surface area (Å²) in [5.74, 6) is 1.11. The van der Waals surface area contributed by atoms with Crippen LogP contribution in [0.4, 0.5) is 0 Å². The molecular formula is C17H33N3O. The lowest BCUT2D eigenvalue weighted by atomic mass is 9.83. The molecule has 1 atom stereocenters. The van der Waals surface area contributed by atoms with Crippen molar-refractivity contribution in [1.29, 1.82) is 0 Å². The van der Waals surface area contributed by atoms with Gasteiger partial charge in [0.2, 0.25) is 5.91 Å². The molecule has 1 aliphatic heterocycles. The summed E-state index contributed by atoms with van der Waals surface area (Å²) in [4.78, 5) is 17.1. The maximum atomic E-state index is 12.6. The summed E-state index contributed by atoms with van der Waals surface area (Å²) in [7, 11) is 2.17. The van der Waals surface area contributed by atoms with Crippen LogP contribution in [0.2, 0.25) is 0 Å². The van der Waals surface area contributed by atoms with E-state index in [1.807, 2.05) is 0 Å². The zero-order chi connectivity index (χ0) is 15.2. The Balaban J connectivity index is 1.80. The zero-order valence-corrected chi connectivity index (χ0v) is 13.9. The molecule has 0 aromatic rings. The van der Waals surface area contributed by atoms with Gasteiger partial charge in [-0.3, -0.25) is 4.79 Å². The summed E-state index contributed by atoms with van der Waals surface area (Å²) in [6.07, 6.45) is 8.69. The first-order valence-electron chi connectivity index (χ1n) is 8.83. The van der Waals surface area contributed by atoms with Crippen molar-refractivity contribution < 1.29 is 4.79 Å². The highest BCUT2D eigenvalue weighted by Crippen LogP contribution is 2.27. The van der Waals surface area contributed by atoms with Crippen molar-refractivity contribution in [3.63, 3.8) is 0 Å². The summed E-state index contributed by atoms with van der Waals surface area (Å²) in [6, 6.07) is 0.812. The van der Waals surface area contributed by atoms with Gasteiger partial charge in [-0.25, -0.2) is 0 Å². The summed E-state index contributed by atoms with van der Waals surface area (Å²) in [5, 5.41) is 0. The number of carbonyl (C=O) groups excluding carboxylic acids is 1. The Bertz CT molecular complexity index is 326. The van der Waals surface area contributed by atoms with Crippen LogP contribution in [0.15, 0.2) is 0 Å². The largest absolute Gasteiger partial charge is 0.338 e. The van der Waals surface area contributed by atoms with E-state index in [0.29, 0.717) is 18.0 Å². The third-order valence-electron chi connectivity index (χ3n) is 5.35. The van der Waals surface area contributed by atoms with E-state index in [9.17, 15) is 4.79 Å². The Morgan fingerprint density at radius 1 is 1.19 bits per heavy atom. The van der Waals surface area contributed by atoms with E-state index in [1.54, 1.807) is 0 Å². The minimum Gasteiger partial charge on any atom is -0.338 e. The van der Waals surface area contributed by atoms with Gasteiger partial charge in [-0.15, -0.1) is 0 Å². The standard InChI is InChI=1S/C17H33N3O/c1-3-16-13-19(2)11-4-12-20(16)17(21)10-7-14-5-8-15(18)9-6-14/h14-16H,3-13,18H2,1-2H3. The van der Waals surface area contributed by atoms with Gasteiger partial charge < -0.3 is 15.5 Å². The molecule has 1 saturated carbocycles. The number of carbonyl (C=O) groups is 1. The topological polar surface area (TPSA) is 49.6 Å². The smallest absolute Gasteiger partial charge is 0.222 e. The van der Waals surface area contributed by atoms with Crippen LogP contribution in [0.3, 0.4) is 0 Å². The maximum absolute atomic E-state index is 12.6. The van der Waals surface area contributed by atoms with Crippen molar-refractivity contribution in [3.8, 4) is 0 Å². The van der Waals surface area contributed by atoms with Crippen LogP contribution >= 0.6 is 0 Å². The molecule has 2 aliphatic rings. The number of likely N-dealkylation sites (N-methyl/N-ethyl adjacent to an activating group) is 1. The van der Waals surface area contributed by atoms with E-state index in [0.717, 1.165) is 64.1 Å². The molecular weight excluding hydrogens is 262 g/mol. The van der Waals surface area contributed by atoms with E-state index in [4.69, 9.17) is 5.73 Å². The molecule has 2 fully saturated rings. The van der Waals surface area contributed by atoms with Crippen LogP contribution in [0.1, 0.15) is 58.3 Å². The van der Waals surface area contributed by atoms with Crippen molar-refractivity contribution >= 4 is 5.91 Å². The fourth-order valence-electron chi connectivity index (χ4n) is 3.87. The first-order chi connectivity index (χ1) is 10.1. The molecule has 1 saturated heterocycles. The lowest BCUT2D eigenvalue weighted by molar-refractivity contribution is -0.133. The second-order valence-corrected chi connectivity index (χ2v) is 7.08. The normalized spacial score (nSPS) is 32.0. The van der Waals surface area contributed by atoms with Gasteiger partial charge in [0.15, 0.2) is 0 Å². The van der Waals surface area contributed by atoms with Crippen molar-refractivity contribution in [2.75, 3.05) is 26.7 Å². The van der Waals surface area contributed by atoms with Crippen molar-refractivity contribution in [1.82, 2.24) is 9.80 Å². The van der Waals surface area contributed by atoms with Crippen LogP contribution in [0.5, 0.6) is 0 Å². The second-order valence-electron chi connectivity index (χ2n) is 7.08. The van der Waals surface area contributed by atoms with Gasteiger partial charge in [0.05, 0.1) is 0 Å². The molecule has 0 bridgehead atoms. The van der Waals surface area contributed by atoms with Crippen LogP contribution in [-0.2, 0) is 4.79 Å². The number of nitrogens with two attached hydrogens (primary N) is 1. The van der Waals surface area contributed by atoms with Gasteiger partial charge in [-0.1, -0.05) is 6.92 Å². The first kappa shape index (κ1) is 16.8. The third-order valence-corrected chi connectivity index (χ3v) is 5.35. The van der Waals surface area contributed by atoms with Crippen molar-refractivity contribution in [3.05, 3.63) is 0 Å². The molecule has 2 rings (SSSR count). The van der Waals surface area contributed by atoms with Crippen LogP contribution in [0, 0.1) is 5.92 Å². The lowest BCUT2D eigenvalue weighted by Crippen LogP contribution is -2.43. The molecule has 0 radical (unpaired) electrons. The Morgan fingerprint density at radius 2 is 1.90 bits per heavy atom. The summed E-state index contributed by atoms with van der Waals surface area (Å²) < 4.78 is 0. The van der Waals surface area contributed by atoms with Crippen LogP contribution < -0.4 is 5.73 Å². The highest BCUT2D eigenvalue weighted by Gasteiger charge is 2.27. The SMILES string of the molecule is CCC1CN(C)CCCN1C(=O)CCC1CCC(N)CC1. The minimum atomic E-state index is 0.382. The van der Waals surface area contributed by atoms with Crippen LogP contribution in [-0.4, -0.2) is 54.5 Å². The van der Waals surface area contributed by atoms with E-state index >= 15 is 0 Å². The monoisotopic (exact) mass is 295 g/mol. The van der Waals surface area contributed by atoms with Gasteiger partial charge in [0, 0.05) is 31.6 Å². The number of rotatable bonds is 4. The Kier molecular flexibility index (Phi) is 6.49. The molecule has 1 unspecified atom stereocenters. The van der Waals surface area contributed by atoms with Crippen molar-refractivity contribution in [2.45, 2.75) is 70.4 Å². The first-order valence-corrected chi connectivity index (χ1v) is 8.83. The average molecular weight is 295 g/mol. The van der Waals surface area contributed by atoms with E-state index < -0.39 is 0 Å². The molecule has 1 heterocycles. The second kappa shape index (κ2) is 8.14. The maximum Gasteiger partial charge on any atom is 0.222 e. The minimum absolute atomic E-state index is 0.382. The molecule has 0 spiro atoms. The van der Waals surface area contributed by atoms with Gasteiger partial charge in [-0.05, 0) is 64.5 Å². The van der Waals surface area contributed by atoms with Crippen molar-refractivity contribution in [2.24, 2.45) is 11.7 Å². The zero-order valence-electron chi connectivity index (χ0n) is 13.9. The van der Waals surface area contributed by atoms with Gasteiger partial charge in [0.25, 0.3) is 0 Å². The number of hydrogen-bond donors (Lipinski definition) is 1. The van der Waals surface area contributed by atoms with E-state index in [2.05, 4.69) is 23.8 Å². The highest BCUT2D eigenvalue weighted by molar-refractivity contribution is 5.76. The molecule has 21 heavy (non-hydrogen) atoms. The average Bonchev–Trinajstić information content (AvgIpc) is 2.67. The molecule has 1 amide bonds. The predicted octanol–water partition coefficient (Wildman–Crippen LogP) is 2.23. The Labute approximate surface area is 130 Å². The number of hydrogen-bond acceptors (Lipinski definition) is 3. The Morgan fingerprint density at radius 3 is 2.57 bits per heavy atom.